The van der Waals surface area contributed by atoms with Gasteiger partial charge in [-0.3, -0.25) is 9.80 Å². The molecule has 0 radical (unpaired) electrons. The number of likely N-dealkylation sites (tertiary alicyclic amines) is 2. The number of hydrogen-bond donors (Lipinski definition) is 0. The average Bonchev–Trinajstić information content (AvgIpc) is 3.18. The summed E-state index contributed by atoms with van der Waals surface area (Å²) in [5.41, 5.74) is 2.12. The maximum Gasteiger partial charge on any atom is 0.387 e. The van der Waals surface area contributed by atoms with Crippen molar-refractivity contribution in [2.75, 3.05) is 33.8 Å². The monoisotopic (exact) mass is 388 g/mol. The van der Waals surface area contributed by atoms with Crippen molar-refractivity contribution in [3.05, 3.63) is 59.7 Å². The van der Waals surface area contributed by atoms with Crippen molar-refractivity contribution in [2.24, 2.45) is 11.8 Å². The van der Waals surface area contributed by atoms with Crippen molar-refractivity contribution >= 4 is 0 Å². The number of benzene rings is 2. The number of methoxy groups -OCH3 is 1. The van der Waals surface area contributed by atoms with Crippen molar-refractivity contribution in [3.8, 4) is 11.5 Å². The Balaban J connectivity index is 1.47. The standard InChI is InChI=1S/C22H26F2N2O2/c1-25-11-17-13-26(12-16-5-3-4-6-20(16)28-22(23)24)14-19(17)21(25)15-7-9-18(27-2)10-8-15/h3-10,17,19,21-22H,11-14H2,1-2H3/t17-,19+,21-/m0/s1. The van der Waals surface area contributed by atoms with Gasteiger partial charge >= 0.3 is 6.61 Å². The number of hydrogen-bond acceptors (Lipinski definition) is 4. The van der Waals surface area contributed by atoms with Crippen LogP contribution in [0.4, 0.5) is 8.78 Å². The van der Waals surface area contributed by atoms with Gasteiger partial charge in [0.05, 0.1) is 7.11 Å². The SMILES string of the molecule is COc1ccc([C@H]2[C@@H]3CN(Cc4ccccc4OC(F)F)C[C@@H]3CN2C)cc1. The molecule has 2 aromatic rings. The van der Waals surface area contributed by atoms with E-state index in [0.717, 1.165) is 30.9 Å². The number of alkyl halides is 2. The van der Waals surface area contributed by atoms with Crippen LogP contribution < -0.4 is 9.47 Å². The minimum Gasteiger partial charge on any atom is -0.497 e. The van der Waals surface area contributed by atoms with Crippen LogP contribution in [-0.4, -0.2) is 50.2 Å². The van der Waals surface area contributed by atoms with Gasteiger partial charge in [-0.2, -0.15) is 8.78 Å². The summed E-state index contributed by atoms with van der Waals surface area (Å²) in [6.45, 7) is 0.814. The zero-order chi connectivity index (χ0) is 19.7. The van der Waals surface area contributed by atoms with E-state index in [0.29, 0.717) is 24.4 Å². The van der Waals surface area contributed by atoms with E-state index in [-0.39, 0.29) is 5.75 Å². The third-order valence-corrected chi connectivity index (χ3v) is 6.01. The van der Waals surface area contributed by atoms with Crippen LogP contribution in [-0.2, 0) is 6.54 Å². The molecule has 0 amide bonds. The number of rotatable bonds is 6. The molecule has 0 spiro atoms. The molecule has 150 valence electrons. The molecule has 6 heteroatoms. The minimum absolute atomic E-state index is 0.276. The van der Waals surface area contributed by atoms with Crippen LogP contribution in [0.3, 0.4) is 0 Å². The van der Waals surface area contributed by atoms with Crippen LogP contribution >= 0.6 is 0 Å². The molecule has 28 heavy (non-hydrogen) atoms. The molecular formula is C22H26F2N2O2. The van der Waals surface area contributed by atoms with E-state index in [1.165, 1.54) is 5.56 Å². The van der Waals surface area contributed by atoms with Gasteiger partial charge in [0.25, 0.3) is 0 Å². The lowest BCUT2D eigenvalue weighted by Gasteiger charge is -2.27. The van der Waals surface area contributed by atoms with Crippen molar-refractivity contribution in [2.45, 2.75) is 19.2 Å². The molecule has 4 nitrogen and oxygen atoms in total. The van der Waals surface area contributed by atoms with Crippen LogP contribution in [0.25, 0.3) is 0 Å². The summed E-state index contributed by atoms with van der Waals surface area (Å²) < 4.78 is 35.4. The summed E-state index contributed by atoms with van der Waals surface area (Å²) in [5, 5.41) is 0. The van der Waals surface area contributed by atoms with Crippen molar-refractivity contribution in [3.63, 3.8) is 0 Å². The van der Waals surface area contributed by atoms with Gasteiger partial charge in [-0.05, 0) is 42.6 Å². The van der Waals surface area contributed by atoms with E-state index in [1.54, 1.807) is 19.2 Å². The Bertz CT molecular complexity index is 799. The lowest BCUT2D eigenvalue weighted by molar-refractivity contribution is -0.0507. The molecule has 0 N–H and O–H groups in total. The summed E-state index contributed by atoms with van der Waals surface area (Å²) in [7, 11) is 3.86. The summed E-state index contributed by atoms with van der Waals surface area (Å²) in [6, 6.07) is 15.8. The Morgan fingerprint density at radius 2 is 1.79 bits per heavy atom. The van der Waals surface area contributed by atoms with Gasteiger partial charge in [-0.1, -0.05) is 30.3 Å². The lowest BCUT2D eigenvalue weighted by atomic mass is 9.89. The zero-order valence-corrected chi connectivity index (χ0v) is 16.2. The normalized spacial score (nSPS) is 25.2. The van der Waals surface area contributed by atoms with Gasteiger partial charge in [0.1, 0.15) is 11.5 Å². The second-order valence-corrected chi connectivity index (χ2v) is 7.76. The second-order valence-electron chi connectivity index (χ2n) is 7.76. The quantitative estimate of drug-likeness (QED) is 0.746. The maximum absolute atomic E-state index is 12.7. The molecule has 4 rings (SSSR count). The van der Waals surface area contributed by atoms with Gasteiger partial charge in [0.15, 0.2) is 0 Å². The number of nitrogens with zero attached hydrogens (tertiary/aromatic N) is 2. The van der Waals surface area contributed by atoms with Crippen LogP contribution in [0, 0.1) is 11.8 Å². The van der Waals surface area contributed by atoms with Crippen LogP contribution in [0.15, 0.2) is 48.5 Å². The topological polar surface area (TPSA) is 24.9 Å². The van der Waals surface area contributed by atoms with E-state index in [4.69, 9.17) is 9.47 Å². The van der Waals surface area contributed by atoms with Crippen LogP contribution in [0.2, 0.25) is 0 Å². The first-order chi connectivity index (χ1) is 13.5. The highest BCUT2D eigenvalue weighted by Crippen LogP contribution is 2.44. The number of fused-ring (bicyclic) bond motifs is 1. The highest BCUT2D eigenvalue weighted by atomic mass is 19.3. The Labute approximate surface area is 164 Å². The summed E-state index contributed by atoms with van der Waals surface area (Å²) in [4.78, 5) is 4.80. The van der Waals surface area contributed by atoms with Gasteiger partial charge in [-0.25, -0.2) is 0 Å². The highest BCUT2D eigenvalue weighted by molar-refractivity contribution is 5.34. The third kappa shape index (κ3) is 3.84. The Morgan fingerprint density at radius 3 is 2.50 bits per heavy atom. The fourth-order valence-electron chi connectivity index (χ4n) is 4.87. The van der Waals surface area contributed by atoms with E-state index in [2.05, 4.69) is 29.0 Å². The molecule has 0 unspecified atom stereocenters. The maximum atomic E-state index is 12.7. The summed E-state index contributed by atoms with van der Waals surface area (Å²) >= 11 is 0. The van der Waals surface area contributed by atoms with Crippen LogP contribution in [0.5, 0.6) is 11.5 Å². The van der Waals surface area contributed by atoms with Crippen molar-refractivity contribution < 1.29 is 18.3 Å². The van der Waals surface area contributed by atoms with E-state index in [1.807, 2.05) is 24.3 Å². The largest absolute Gasteiger partial charge is 0.497 e. The summed E-state index contributed by atoms with van der Waals surface area (Å²) in [6.07, 6.45) is 0. The number of para-hydroxylation sites is 1. The molecule has 2 aliphatic heterocycles. The number of ether oxygens (including phenoxy) is 2. The molecule has 2 aromatic carbocycles. The zero-order valence-electron chi connectivity index (χ0n) is 16.2. The fraction of sp³-hybridized carbons (Fsp3) is 0.455. The first-order valence-electron chi connectivity index (χ1n) is 9.64. The first-order valence-corrected chi connectivity index (χ1v) is 9.64. The number of halogens is 2. The van der Waals surface area contributed by atoms with Gasteiger partial charge in [0.2, 0.25) is 0 Å². The van der Waals surface area contributed by atoms with Gasteiger partial charge < -0.3 is 9.47 Å². The fourth-order valence-corrected chi connectivity index (χ4v) is 4.87. The minimum atomic E-state index is -2.80. The Hall–Kier alpha value is -2.18. The second kappa shape index (κ2) is 8.05. The van der Waals surface area contributed by atoms with E-state index >= 15 is 0 Å². The predicted molar refractivity (Wildman–Crippen MR) is 104 cm³/mol. The Morgan fingerprint density at radius 1 is 1.04 bits per heavy atom. The van der Waals surface area contributed by atoms with Crippen molar-refractivity contribution in [1.29, 1.82) is 0 Å². The van der Waals surface area contributed by atoms with Crippen molar-refractivity contribution in [1.82, 2.24) is 9.80 Å². The first kappa shape index (κ1) is 19.2. The molecule has 0 bridgehead atoms. The molecule has 2 saturated heterocycles. The van der Waals surface area contributed by atoms with E-state index in [9.17, 15) is 8.78 Å². The molecule has 2 fully saturated rings. The molecular weight excluding hydrogens is 362 g/mol. The van der Waals surface area contributed by atoms with Gasteiger partial charge in [-0.15, -0.1) is 0 Å². The predicted octanol–water partition coefficient (Wildman–Crippen LogP) is 4.03. The third-order valence-electron chi connectivity index (χ3n) is 6.01. The smallest absolute Gasteiger partial charge is 0.387 e. The molecule has 3 atom stereocenters. The average molecular weight is 388 g/mol. The molecule has 0 aliphatic carbocycles. The molecule has 2 heterocycles. The van der Waals surface area contributed by atoms with Crippen LogP contribution in [0.1, 0.15) is 17.2 Å². The molecule has 2 aliphatic rings. The molecule has 0 saturated carbocycles. The molecule has 0 aromatic heterocycles. The highest BCUT2D eigenvalue weighted by Gasteiger charge is 2.46. The Kier molecular flexibility index (Phi) is 5.51. The summed E-state index contributed by atoms with van der Waals surface area (Å²) in [5.74, 6) is 2.25. The van der Waals surface area contributed by atoms with E-state index < -0.39 is 6.61 Å². The lowest BCUT2D eigenvalue weighted by Crippen LogP contribution is -2.29. The van der Waals surface area contributed by atoms with Gasteiger partial charge in [0, 0.05) is 37.8 Å².